The minimum Gasteiger partial charge on any atom is -0.355 e. The Morgan fingerprint density at radius 1 is 1.50 bits per heavy atom. The molecule has 1 aromatic rings. The second-order valence-corrected chi connectivity index (χ2v) is 5.90. The van der Waals surface area contributed by atoms with E-state index in [0.717, 1.165) is 37.3 Å². The summed E-state index contributed by atoms with van der Waals surface area (Å²) >= 11 is 6.39. The number of halogens is 1. The molecule has 3 N–H and O–H groups in total. The maximum absolute atomic E-state index is 11.4. The average molecular weight is 295 g/mol. The van der Waals surface area contributed by atoms with Crippen LogP contribution < -0.4 is 16.0 Å². The van der Waals surface area contributed by atoms with Crippen LogP contribution in [0.5, 0.6) is 0 Å². The molecule has 2 atom stereocenters. The largest absolute Gasteiger partial charge is 0.355 e. The Hall–Kier alpha value is -1.33. The van der Waals surface area contributed by atoms with Gasteiger partial charge in [0.25, 0.3) is 0 Å². The van der Waals surface area contributed by atoms with Gasteiger partial charge in [0.05, 0.1) is 5.02 Å². The first kappa shape index (κ1) is 13.6. The van der Waals surface area contributed by atoms with E-state index in [1.54, 1.807) is 6.20 Å². The molecule has 20 heavy (non-hydrogen) atoms. The Kier molecular flexibility index (Phi) is 3.81. The molecule has 2 aliphatic heterocycles. The molecule has 0 aromatic carbocycles. The highest BCUT2D eigenvalue weighted by atomic mass is 35.5. The maximum Gasteiger partial charge on any atom is 0.220 e. The van der Waals surface area contributed by atoms with Gasteiger partial charge in [-0.05, 0) is 30.4 Å². The number of piperidine rings is 2. The van der Waals surface area contributed by atoms with Gasteiger partial charge in [0, 0.05) is 38.3 Å². The summed E-state index contributed by atoms with van der Waals surface area (Å²) in [6.07, 6.45) is 4.28. The lowest BCUT2D eigenvalue weighted by Gasteiger charge is -2.42. The molecule has 1 amide bonds. The van der Waals surface area contributed by atoms with Crippen molar-refractivity contribution < 1.29 is 4.79 Å². The number of anilines is 1. The Morgan fingerprint density at radius 3 is 3.15 bits per heavy atom. The predicted molar refractivity (Wildman–Crippen MR) is 78.6 cm³/mol. The molecular weight excluding hydrogens is 276 g/mol. The number of hydrogen-bond donors (Lipinski definition) is 2. The topological polar surface area (TPSA) is 71.2 Å². The Bertz CT molecular complexity index is 522. The molecule has 0 radical (unpaired) electrons. The number of aromatic nitrogens is 1. The van der Waals surface area contributed by atoms with Gasteiger partial charge in [-0.1, -0.05) is 11.6 Å². The number of carbonyl (C=O) groups is 1. The van der Waals surface area contributed by atoms with Crippen molar-refractivity contribution in [1.82, 2.24) is 10.3 Å². The fourth-order valence-corrected chi connectivity index (χ4v) is 3.46. The number of fused-ring (bicyclic) bond motifs is 1. The second kappa shape index (κ2) is 5.58. The van der Waals surface area contributed by atoms with Crippen molar-refractivity contribution in [3.63, 3.8) is 0 Å². The standard InChI is InChI=1S/C14H19ClN4O/c15-13-9(7-16)3-5-17-14(13)19-6-4-11-10(8-19)1-2-12(20)18-11/h3,5,10-11H,1-2,4,6-8,16H2,(H,18,20). The van der Waals surface area contributed by atoms with Crippen molar-refractivity contribution in [3.05, 3.63) is 22.8 Å². The van der Waals surface area contributed by atoms with Crippen LogP contribution in [0.4, 0.5) is 5.82 Å². The summed E-state index contributed by atoms with van der Waals surface area (Å²) in [5.74, 6) is 1.49. The van der Waals surface area contributed by atoms with E-state index >= 15 is 0 Å². The molecule has 6 heteroatoms. The summed E-state index contributed by atoms with van der Waals surface area (Å²) in [5.41, 5.74) is 6.62. The molecule has 1 aromatic heterocycles. The number of amides is 1. The van der Waals surface area contributed by atoms with E-state index in [0.29, 0.717) is 29.9 Å². The van der Waals surface area contributed by atoms with Crippen LogP contribution in [0, 0.1) is 5.92 Å². The average Bonchev–Trinajstić information content (AvgIpc) is 2.47. The van der Waals surface area contributed by atoms with Crippen LogP contribution in [-0.4, -0.2) is 30.0 Å². The van der Waals surface area contributed by atoms with Gasteiger partial charge >= 0.3 is 0 Å². The highest BCUT2D eigenvalue weighted by molar-refractivity contribution is 6.33. The van der Waals surface area contributed by atoms with E-state index < -0.39 is 0 Å². The van der Waals surface area contributed by atoms with Gasteiger partial charge in [-0.2, -0.15) is 0 Å². The number of nitrogens with two attached hydrogens (primary N) is 1. The first-order valence-corrected chi connectivity index (χ1v) is 7.44. The molecule has 0 saturated carbocycles. The van der Waals surface area contributed by atoms with E-state index in [9.17, 15) is 4.79 Å². The van der Waals surface area contributed by atoms with Crippen LogP contribution in [0.15, 0.2) is 12.3 Å². The highest BCUT2D eigenvalue weighted by Gasteiger charge is 2.34. The molecule has 5 nitrogen and oxygen atoms in total. The Labute approximate surface area is 123 Å². The monoisotopic (exact) mass is 294 g/mol. The van der Waals surface area contributed by atoms with Gasteiger partial charge in [0.2, 0.25) is 5.91 Å². The molecule has 3 heterocycles. The normalized spacial score (nSPS) is 26.1. The Morgan fingerprint density at radius 2 is 2.35 bits per heavy atom. The quantitative estimate of drug-likeness (QED) is 0.862. The number of hydrogen-bond acceptors (Lipinski definition) is 4. The van der Waals surface area contributed by atoms with Crippen molar-refractivity contribution >= 4 is 23.3 Å². The molecule has 2 fully saturated rings. The zero-order valence-corrected chi connectivity index (χ0v) is 12.1. The first-order valence-electron chi connectivity index (χ1n) is 7.07. The number of pyridine rings is 1. The van der Waals surface area contributed by atoms with Gasteiger partial charge in [0.1, 0.15) is 5.82 Å². The van der Waals surface area contributed by atoms with E-state index in [4.69, 9.17) is 17.3 Å². The predicted octanol–water partition coefficient (Wildman–Crippen LogP) is 1.30. The molecule has 0 spiro atoms. The fourth-order valence-electron chi connectivity index (χ4n) is 3.15. The van der Waals surface area contributed by atoms with Crippen LogP contribution >= 0.6 is 11.6 Å². The minimum absolute atomic E-state index is 0.181. The summed E-state index contributed by atoms with van der Waals surface area (Å²) in [5, 5.41) is 3.75. The van der Waals surface area contributed by atoms with Crippen molar-refractivity contribution in [1.29, 1.82) is 0 Å². The molecule has 0 bridgehead atoms. The van der Waals surface area contributed by atoms with Crippen molar-refractivity contribution in [2.75, 3.05) is 18.0 Å². The van der Waals surface area contributed by atoms with E-state index in [1.165, 1.54) is 0 Å². The van der Waals surface area contributed by atoms with Gasteiger partial charge < -0.3 is 16.0 Å². The van der Waals surface area contributed by atoms with Crippen molar-refractivity contribution in [2.24, 2.45) is 11.7 Å². The molecular formula is C14H19ClN4O. The third kappa shape index (κ3) is 2.47. The summed E-state index contributed by atoms with van der Waals surface area (Å²) < 4.78 is 0. The first-order chi connectivity index (χ1) is 9.69. The second-order valence-electron chi connectivity index (χ2n) is 5.52. The van der Waals surface area contributed by atoms with Gasteiger partial charge in [-0.15, -0.1) is 0 Å². The zero-order valence-electron chi connectivity index (χ0n) is 11.3. The number of nitrogens with one attached hydrogen (secondary N) is 1. The van der Waals surface area contributed by atoms with Crippen LogP contribution in [-0.2, 0) is 11.3 Å². The Balaban J connectivity index is 1.78. The van der Waals surface area contributed by atoms with E-state index in [-0.39, 0.29) is 5.91 Å². The van der Waals surface area contributed by atoms with Crippen LogP contribution in [0.1, 0.15) is 24.8 Å². The van der Waals surface area contributed by atoms with Crippen LogP contribution in [0.3, 0.4) is 0 Å². The lowest BCUT2D eigenvalue weighted by molar-refractivity contribution is -0.124. The smallest absolute Gasteiger partial charge is 0.220 e. The molecule has 2 saturated heterocycles. The lowest BCUT2D eigenvalue weighted by Crippen LogP contribution is -2.54. The minimum atomic E-state index is 0.181. The fraction of sp³-hybridized carbons (Fsp3) is 0.571. The number of nitrogens with zero attached hydrogens (tertiary/aromatic N) is 2. The van der Waals surface area contributed by atoms with Gasteiger partial charge in [-0.3, -0.25) is 4.79 Å². The maximum atomic E-state index is 11.4. The lowest BCUT2D eigenvalue weighted by atomic mass is 9.85. The number of carbonyl (C=O) groups excluding carboxylic acids is 1. The molecule has 0 aliphatic carbocycles. The van der Waals surface area contributed by atoms with Crippen LogP contribution in [0.25, 0.3) is 0 Å². The van der Waals surface area contributed by atoms with Gasteiger partial charge in [0.15, 0.2) is 0 Å². The summed E-state index contributed by atoms with van der Waals surface area (Å²) in [6.45, 7) is 2.18. The molecule has 2 aliphatic rings. The zero-order chi connectivity index (χ0) is 14.1. The van der Waals surface area contributed by atoms with Crippen LogP contribution in [0.2, 0.25) is 5.02 Å². The summed E-state index contributed by atoms with van der Waals surface area (Å²) in [7, 11) is 0. The molecule has 3 rings (SSSR count). The summed E-state index contributed by atoms with van der Waals surface area (Å²) in [4.78, 5) is 18.1. The van der Waals surface area contributed by atoms with E-state index in [1.807, 2.05) is 6.07 Å². The van der Waals surface area contributed by atoms with Crippen molar-refractivity contribution in [2.45, 2.75) is 31.8 Å². The summed E-state index contributed by atoms with van der Waals surface area (Å²) in [6, 6.07) is 2.17. The highest BCUT2D eigenvalue weighted by Crippen LogP contribution is 2.32. The van der Waals surface area contributed by atoms with Gasteiger partial charge in [-0.25, -0.2) is 4.98 Å². The third-order valence-electron chi connectivity index (χ3n) is 4.29. The van der Waals surface area contributed by atoms with Crippen molar-refractivity contribution in [3.8, 4) is 0 Å². The van der Waals surface area contributed by atoms with E-state index in [2.05, 4.69) is 15.2 Å². The SMILES string of the molecule is NCc1ccnc(N2CCC3NC(=O)CCC3C2)c1Cl. The molecule has 2 unspecified atom stereocenters. The molecule has 108 valence electrons. The number of rotatable bonds is 2. The third-order valence-corrected chi connectivity index (χ3v) is 4.70.